The molecule has 0 saturated heterocycles. The van der Waals surface area contributed by atoms with Gasteiger partial charge in [-0.25, -0.2) is 0 Å². The fraction of sp³-hybridized carbons (Fsp3) is 0.300. The smallest absolute Gasteiger partial charge is 0.279 e. The molecule has 0 bridgehead atoms. The molecule has 0 aliphatic heterocycles. The van der Waals surface area contributed by atoms with Gasteiger partial charge in [0.1, 0.15) is 11.5 Å². The lowest BCUT2D eigenvalue weighted by molar-refractivity contribution is -0.133. The molecule has 0 saturated carbocycles. The maximum Gasteiger partial charge on any atom is 0.279 e. The summed E-state index contributed by atoms with van der Waals surface area (Å²) in [5.74, 6) is 0.275. The number of nitrogens with one attached hydrogen (secondary N) is 2. The van der Waals surface area contributed by atoms with E-state index in [0.717, 1.165) is 16.7 Å². The average Bonchev–Trinajstić information content (AvgIpc) is 2.62. The zero-order chi connectivity index (χ0) is 19.1. The summed E-state index contributed by atoms with van der Waals surface area (Å²) < 4.78 is 10.9. The molecule has 6 nitrogen and oxygen atoms in total. The van der Waals surface area contributed by atoms with Gasteiger partial charge >= 0.3 is 0 Å². The zero-order valence-corrected chi connectivity index (χ0v) is 15.5. The molecule has 0 unspecified atom stereocenters. The summed E-state index contributed by atoms with van der Waals surface area (Å²) >= 11 is 0. The van der Waals surface area contributed by atoms with Gasteiger partial charge in [-0.1, -0.05) is 23.8 Å². The van der Waals surface area contributed by atoms with Crippen LogP contribution in [0.1, 0.15) is 23.6 Å². The van der Waals surface area contributed by atoms with Crippen LogP contribution in [0, 0.1) is 20.8 Å². The molecule has 0 aliphatic rings. The summed E-state index contributed by atoms with van der Waals surface area (Å²) in [5, 5.41) is 0. The second kappa shape index (κ2) is 8.89. The van der Waals surface area contributed by atoms with Gasteiger partial charge in [-0.2, -0.15) is 0 Å². The highest BCUT2D eigenvalue weighted by atomic mass is 16.5. The molecule has 2 rings (SSSR count). The van der Waals surface area contributed by atoms with E-state index in [1.165, 1.54) is 0 Å². The molecule has 1 atom stereocenters. The van der Waals surface area contributed by atoms with E-state index < -0.39 is 17.9 Å². The number of carbonyl (C=O) groups is 2. The summed E-state index contributed by atoms with van der Waals surface area (Å²) in [4.78, 5) is 23.8. The number of hydrogen-bond donors (Lipinski definition) is 2. The maximum atomic E-state index is 12.0. The van der Waals surface area contributed by atoms with Crippen LogP contribution >= 0.6 is 0 Å². The Balaban J connectivity index is 1.74. The normalized spacial score (nSPS) is 11.4. The van der Waals surface area contributed by atoms with Gasteiger partial charge in [-0.3, -0.25) is 20.4 Å². The molecule has 0 heterocycles. The van der Waals surface area contributed by atoms with Gasteiger partial charge in [0.25, 0.3) is 11.8 Å². The van der Waals surface area contributed by atoms with E-state index in [0.29, 0.717) is 11.5 Å². The lowest BCUT2D eigenvalue weighted by Crippen LogP contribution is -2.48. The second-order valence-corrected chi connectivity index (χ2v) is 6.15. The molecule has 138 valence electrons. The first-order valence-electron chi connectivity index (χ1n) is 8.37. The lowest BCUT2D eigenvalue weighted by atomic mass is 10.1. The van der Waals surface area contributed by atoms with E-state index in [1.807, 2.05) is 45.0 Å². The largest absolute Gasteiger partial charge is 0.484 e. The molecular formula is C20H24N2O4. The number of amides is 2. The summed E-state index contributed by atoms with van der Waals surface area (Å²) in [6, 6.07) is 12.9. The number of benzene rings is 2. The Labute approximate surface area is 153 Å². The molecule has 2 amide bonds. The Morgan fingerprint density at radius 2 is 1.58 bits per heavy atom. The number of hydrazine groups is 1. The second-order valence-electron chi connectivity index (χ2n) is 6.15. The van der Waals surface area contributed by atoms with Gasteiger partial charge in [-0.15, -0.1) is 0 Å². The molecule has 26 heavy (non-hydrogen) atoms. The molecule has 6 heteroatoms. The van der Waals surface area contributed by atoms with Gasteiger partial charge < -0.3 is 9.47 Å². The third kappa shape index (κ3) is 5.81. The Morgan fingerprint density at radius 3 is 2.23 bits per heavy atom. The van der Waals surface area contributed by atoms with Crippen molar-refractivity contribution < 1.29 is 19.1 Å². The van der Waals surface area contributed by atoms with Crippen molar-refractivity contribution in [3.05, 3.63) is 59.2 Å². The van der Waals surface area contributed by atoms with Crippen molar-refractivity contribution in [2.75, 3.05) is 6.61 Å². The average molecular weight is 356 g/mol. The lowest BCUT2D eigenvalue weighted by Gasteiger charge is -2.15. The van der Waals surface area contributed by atoms with Crippen LogP contribution in [-0.2, 0) is 9.59 Å². The van der Waals surface area contributed by atoms with Gasteiger partial charge in [0.05, 0.1) is 0 Å². The molecular weight excluding hydrogens is 332 g/mol. The molecule has 2 aromatic carbocycles. The third-order valence-corrected chi connectivity index (χ3v) is 3.88. The van der Waals surface area contributed by atoms with Gasteiger partial charge in [0, 0.05) is 0 Å². The number of hydrogen-bond acceptors (Lipinski definition) is 4. The Hall–Kier alpha value is -3.02. The van der Waals surface area contributed by atoms with E-state index in [4.69, 9.17) is 9.47 Å². The highest BCUT2D eigenvalue weighted by Crippen LogP contribution is 2.16. The molecule has 0 spiro atoms. The zero-order valence-electron chi connectivity index (χ0n) is 15.5. The van der Waals surface area contributed by atoms with Crippen molar-refractivity contribution in [2.45, 2.75) is 33.8 Å². The Bertz CT molecular complexity index is 772. The van der Waals surface area contributed by atoms with Crippen molar-refractivity contribution in [2.24, 2.45) is 0 Å². The van der Waals surface area contributed by atoms with Crippen LogP contribution in [0.15, 0.2) is 42.5 Å². The third-order valence-electron chi connectivity index (χ3n) is 3.88. The minimum Gasteiger partial charge on any atom is -0.484 e. The minimum absolute atomic E-state index is 0.198. The molecule has 0 aliphatic carbocycles. The van der Waals surface area contributed by atoms with Crippen LogP contribution in [0.5, 0.6) is 11.5 Å². The number of rotatable bonds is 6. The van der Waals surface area contributed by atoms with E-state index in [1.54, 1.807) is 25.1 Å². The molecule has 0 aromatic heterocycles. The summed E-state index contributed by atoms with van der Waals surface area (Å²) in [5.41, 5.74) is 7.97. The first kappa shape index (κ1) is 19.3. The van der Waals surface area contributed by atoms with Crippen LogP contribution in [0.4, 0.5) is 0 Å². The Kier molecular flexibility index (Phi) is 6.60. The molecule has 0 radical (unpaired) electrons. The summed E-state index contributed by atoms with van der Waals surface area (Å²) in [6.07, 6.45) is -0.751. The van der Waals surface area contributed by atoms with E-state index in [9.17, 15) is 9.59 Å². The van der Waals surface area contributed by atoms with Crippen LogP contribution in [0.2, 0.25) is 0 Å². The van der Waals surface area contributed by atoms with Crippen LogP contribution in [0.3, 0.4) is 0 Å². The molecule has 0 fully saturated rings. The number of carbonyl (C=O) groups excluding carboxylic acids is 2. The first-order chi connectivity index (χ1) is 12.3. The predicted molar refractivity (Wildman–Crippen MR) is 99.0 cm³/mol. The number of aryl methyl sites for hydroxylation is 3. The number of ether oxygens (including phenoxy) is 2. The molecule has 2 N–H and O–H groups in total. The van der Waals surface area contributed by atoms with Crippen LogP contribution < -0.4 is 20.3 Å². The monoisotopic (exact) mass is 356 g/mol. The van der Waals surface area contributed by atoms with Gasteiger partial charge in [0.15, 0.2) is 12.7 Å². The van der Waals surface area contributed by atoms with Crippen LogP contribution in [-0.4, -0.2) is 24.5 Å². The fourth-order valence-corrected chi connectivity index (χ4v) is 2.10. The topological polar surface area (TPSA) is 76.7 Å². The first-order valence-corrected chi connectivity index (χ1v) is 8.37. The predicted octanol–water partition coefficient (Wildman–Crippen LogP) is 2.61. The van der Waals surface area contributed by atoms with Crippen molar-refractivity contribution in [1.82, 2.24) is 10.9 Å². The van der Waals surface area contributed by atoms with Gasteiger partial charge in [0.2, 0.25) is 0 Å². The van der Waals surface area contributed by atoms with E-state index in [-0.39, 0.29) is 6.61 Å². The van der Waals surface area contributed by atoms with Crippen LogP contribution in [0.25, 0.3) is 0 Å². The van der Waals surface area contributed by atoms with Crippen molar-refractivity contribution >= 4 is 11.8 Å². The van der Waals surface area contributed by atoms with Crippen molar-refractivity contribution in [3.8, 4) is 11.5 Å². The van der Waals surface area contributed by atoms with Crippen molar-refractivity contribution in [3.63, 3.8) is 0 Å². The minimum atomic E-state index is -0.751. The maximum absolute atomic E-state index is 12.0. The quantitative estimate of drug-likeness (QED) is 0.780. The van der Waals surface area contributed by atoms with E-state index in [2.05, 4.69) is 10.9 Å². The summed E-state index contributed by atoms with van der Waals surface area (Å²) in [6.45, 7) is 7.34. The van der Waals surface area contributed by atoms with E-state index >= 15 is 0 Å². The molecule has 2 aromatic rings. The van der Waals surface area contributed by atoms with Gasteiger partial charge in [-0.05, 0) is 63.1 Å². The SMILES string of the molecule is Cc1ccc(O[C@H](C)C(=O)NNC(=O)COc2ccc(C)c(C)c2)cc1. The highest BCUT2D eigenvalue weighted by Gasteiger charge is 2.15. The van der Waals surface area contributed by atoms with Crippen molar-refractivity contribution in [1.29, 1.82) is 0 Å². The Morgan fingerprint density at radius 1 is 0.923 bits per heavy atom. The summed E-state index contributed by atoms with van der Waals surface area (Å²) in [7, 11) is 0. The standard InChI is InChI=1S/C20H24N2O4/c1-13-5-8-17(9-6-13)26-16(4)20(24)22-21-19(23)12-25-18-10-7-14(2)15(3)11-18/h5-11,16H,12H2,1-4H3,(H,21,23)(H,22,24)/t16-/m1/s1. The fourth-order valence-electron chi connectivity index (χ4n) is 2.10. The highest BCUT2D eigenvalue weighted by molar-refractivity contribution is 5.85.